The fraction of sp³-hybridized carbons (Fsp3) is 0.333. The molecule has 0 saturated carbocycles. The monoisotopic (exact) mass is 311 g/mol. The number of aromatic nitrogens is 1. The van der Waals surface area contributed by atoms with E-state index >= 15 is 0 Å². The van der Waals surface area contributed by atoms with Crippen molar-refractivity contribution < 1.29 is 4.79 Å². The van der Waals surface area contributed by atoms with Gasteiger partial charge in [0.25, 0.3) is 11.5 Å². The van der Waals surface area contributed by atoms with Crippen molar-refractivity contribution in [2.45, 2.75) is 19.4 Å². The number of hydrogen-bond donors (Lipinski definition) is 1. The van der Waals surface area contributed by atoms with E-state index in [0.29, 0.717) is 6.54 Å². The minimum Gasteiger partial charge on any atom is -0.371 e. The van der Waals surface area contributed by atoms with Gasteiger partial charge >= 0.3 is 0 Å². The Morgan fingerprint density at radius 3 is 2.65 bits per heavy atom. The highest BCUT2D eigenvalue weighted by atomic mass is 16.2. The average Bonchev–Trinajstić information content (AvgIpc) is 3.09. The summed E-state index contributed by atoms with van der Waals surface area (Å²) in [7, 11) is 1.73. The molecule has 1 aliphatic heterocycles. The molecule has 5 nitrogen and oxygen atoms in total. The van der Waals surface area contributed by atoms with Crippen LogP contribution in [0.1, 0.15) is 28.8 Å². The third kappa shape index (κ3) is 3.28. The number of carbonyl (C=O) groups is 1. The van der Waals surface area contributed by atoms with Crippen LogP contribution in [0.15, 0.2) is 47.4 Å². The Balaban J connectivity index is 1.80. The van der Waals surface area contributed by atoms with Gasteiger partial charge in [0, 0.05) is 38.6 Å². The van der Waals surface area contributed by atoms with Crippen molar-refractivity contribution in [1.29, 1.82) is 0 Å². The number of rotatable bonds is 4. The SMILES string of the molecule is CN(Cc1ccccc1N1CCCC1)C(=O)c1ccc[nH]c1=O. The van der Waals surface area contributed by atoms with Crippen molar-refractivity contribution in [3.63, 3.8) is 0 Å². The van der Waals surface area contributed by atoms with Crippen LogP contribution in [0.25, 0.3) is 0 Å². The van der Waals surface area contributed by atoms with E-state index in [2.05, 4.69) is 16.0 Å². The van der Waals surface area contributed by atoms with Crippen molar-refractivity contribution in [1.82, 2.24) is 9.88 Å². The molecule has 5 heteroatoms. The van der Waals surface area contributed by atoms with Crippen LogP contribution in [0.2, 0.25) is 0 Å². The molecule has 1 aromatic carbocycles. The number of nitrogens with one attached hydrogen (secondary N) is 1. The van der Waals surface area contributed by atoms with Gasteiger partial charge in [-0.3, -0.25) is 9.59 Å². The lowest BCUT2D eigenvalue weighted by Crippen LogP contribution is -2.31. The summed E-state index contributed by atoms with van der Waals surface area (Å²) in [5.74, 6) is -0.261. The molecule has 0 atom stereocenters. The van der Waals surface area contributed by atoms with E-state index < -0.39 is 0 Å². The highest BCUT2D eigenvalue weighted by Gasteiger charge is 2.19. The number of benzene rings is 1. The van der Waals surface area contributed by atoms with Crippen LogP contribution in [0.4, 0.5) is 5.69 Å². The molecule has 1 aromatic heterocycles. The van der Waals surface area contributed by atoms with Gasteiger partial charge in [-0.1, -0.05) is 18.2 Å². The smallest absolute Gasteiger partial charge is 0.260 e. The molecule has 0 spiro atoms. The number of nitrogens with zero attached hydrogens (tertiary/aromatic N) is 2. The second-order valence-corrected chi connectivity index (χ2v) is 5.90. The van der Waals surface area contributed by atoms with Crippen molar-refractivity contribution >= 4 is 11.6 Å². The van der Waals surface area contributed by atoms with Gasteiger partial charge in [-0.25, -0.2) is 0 Å². The molecule has 1 aliphatic rings. The van der Waals surface area contributed by atoms with Gasteiger partial charge in [-0.05, 0) is 36.6 Å². The maximum Gasteiger partial charge on any atom is 0.260 e. The summed E-state index contributed by atoms with van der Waals surface area (Å²) in [4.78, 5) is 30.8. The number of amides is 1. The van der Waals surface area contributed by atoms with Crippen molar-refractivity contribution in [3.8, 4) is 0 Å². The van der Waals surface area contributed by atoms with Crippen LogP contribution in [0, 0.1) is 0 Å². The summed E-state index contributed by atoms with van der Waals surface area (Å²) < 4.78 is 0. The second kappa shape index (κ2) is 6.69. The largest absolute Gasteiger partial charge is 0.371 e. The third-order valence-electron chi connectivity index (χ3n) is 4.24. The normalized spacial score (nSPS) is 14.0. The topological polar surface area (TPSA) is 56.4 Å². The molecule has 0 bridgehead atoms. The summed E-state index contributed by atoms with van der Waals surface area (Å²) in [6, 6.07) is 11.4. The molecule has 0 radical (unpaired) electrons. The van der Waals surface area contributed by atoms with Gasteiger partial charge in [0.05, 0.1) is 0 Å². The lowest BCUT2D eigenvalue weighted by molar-refractivity contribution is 0.0783. The van der Waals surface area contributed by atoms with E-state index in [9.17, 15) is 9.59 Å². The van der Waals surface area contributed by atoms with Crippen LogP contribution < -0.4 is 10.5 Å². The summed E-state index contributed by atoms with van der Waals surface area (Å²) in [6.07, 6.45) is 3.95. The van der Waals surface area contributed by atoms with E-state index in [0.717, 1.165) is 18.7 Å². The zero-order valence-electron chi connectivity index (χ0n) is 13.3. The van der Waals surface area contributed by atoms with Crippen LogP contribution in [0.3, 0.4) is 0 Å². The number of para-hydroxylation sites is 1. The Morgan fingerprint density at radius 2 is 1.91 bits per heavy atom. The third-order valence-corrected chi connectivity index (χ3v) is 4.24. The van der Waals surface area contributed by atoms with Gasteiger partial charge in [-0.2, -0.15) is 0 Å². The van der Waals surface area contributed by atoms with E-state index in [-0.39, 0.29) is 17.0 Å². The zero-order chi connectivity index (χ0) is 16.2. The molecule has 0 aliphatic carbocycles. The predicted molar refractivity (Wildman–Crippen MR) is 90.7 cm³/mol. The maximum atomic E-state index is 12.5. The summed E-state index contributed by atoms with van der Waals surface area (Å²) in [6.45, 7) is 2.61. The molecule has 0 unspecified atom stereocenters. The number of pyridine rings is 1. The van der Waals surface area contributed by atoms with Crippen molar-refractivity contribution in [2.75, 3.05) is 25.0 Å². The minimum absolute atomic E-state index is 0.175. The van der Waals surface area contributed by atoms with Crippen LogP contribution >= 0.6 is 0 Å². The van der Waals surface area contributed by atoms with Crippen LogP contribution in [0.5, 0.6) is 0 Å². The predicted octanol–water partition coefficient (Wildman–Crippen LogP) is 2.25. The number of hydrogen-bond acceptors (Lipinski definition) is 3. The number of anilines is 1. The van der Waals surface area contributed by atoms with E-state index in [1.807, 2.05) is 18.2 Å². The number of carbonyl (C=O) groups excluding carboxylic acids is 1. The molecule has 23 heavy (non-hydrogen) atoms. The van der Waals surface area contributed by atoms with Crippen LogP contribution in [-0.2, 0) is 6.54 Å². The first-order valence-corrected chi connectivity index (χ1v) is 7.93. The Kier molecular flexibility index (Phi) is 4.46. The van der Waals surface area contributed by atoms with Gasteiger partial charge in [-0.15, -0.1) is 0 Å². The maximum absolute atomic E-state index is 12.5. The molecule has 1 fully saturated rings. The first-order chi connectivity index (χ1) is 11.2. The van der Waals surface area contributed by atoms with E-state index in [4.69, 9.17) is 0 Å². The van der Waals surface area contributed by atoms with Gasteiger partial charge in [0.2, 0.25) is 0 Å². The Bertz CT molecular complexity index is 748. The Hall–Kier alpha value is -2.56. The fourth-order valence-corrected chi connectivity index (χ4v) is 3.03. The number of H-pyrrole nitrogens is 1. The average molecular weight is 311 g/mol. The Morgan fingerprint density at radius 1 is 1.17 bits per heavy atom. The molecule has 1 amide bonds. The molecule has 3 rings (SSSR count). The second-order valence-electron chi connectivity index (χ2n) is 5.90. The lowest BCUT2D eigenvalue weighted by Gasteiger charge is -2.24. The minimum atomic E-state index is -0.350. The summed E-state index contributed by atoms with van der Waals surface area (Å²) in [5, 5.41) is 0. The molecule has 2 aromatic rings. The molecule has 2 heterocycles. The van der Waals surface area contributed by atoms with E-state index in [1.54, 1.807) is 24.1 Å². The highest BCUT2D eigenvalue weighted by Crippen LogP contribution is 2.25. The molecular weight excluding hydrogens is 290 g/mol. The first kappa shape index (κ1) is 15.3. The highest BCUT2D eigenvalue weighted by molar-refractivity contribution is 5.93. The van der Waals surface area contributed by atoms with E-state index in [1.165, 1.54) is 24.7 Å². The summed E-state index contributed by atoms with van der Waals surface area (Å²) >= 11 is 0. The summed E-state index contributed by atoms with van der Waals surface area (Å²) in [5.41, 5.74) is 2.12. The molecule has 120 valence electrons. The molecular formula is C18H21N3O2. The number of aromatic amines is 1. The first-order valence-electron chi connectivity index (χ1n) is 7.93. The van der Waals surface area contributed by atoms with Crippen molar-refractivity contribution in [2.24, 2.45) is 0 Å². The quantitative estimate of drug-likeness (QED) is 0.942. The van der Waals surface area contributed by atoms with Crippen LogP contribution in [-0.4, -0.2) is 35.9 Å². The molecule has 1 N–H and O–H groups in total. The van der Waals surface area contributed by atoms with Gasteiger partial charge in [0.15, 0.2) is 0 Å². The van der Waals surface area contributed by atoms with Gasteiger partial charge < -0.3 is 14.8 Å². The fourth-order valence-electron chi connectivity index (χ4n) is 3.03. The Labute approximate surface area is 135 Å². The lowest BCUT2D eigenvalue weighted by atomic mass is 10.1. The van der Waals surface area contributed by atoms with Crippen molar-refractivity contribution in [3.05, 3.63) is 64.1 Å². The molecule has 1 saturated heterocycles. The van der Waals surface area contributed by atoms with Gasteiger partial charge in [0.1, 0.15) is 5.56 Å². The zero-order valence-corrected chi connectivity index (χ0v) is 13.3. The standard InChI is InChI=1S/C18H21N3O2/c1-20(18(23)15-8-6-10-19-17(15)22)13-14-7-2-3-9-16(14)21-11-4-5-12-21/h2-3,6-10H,4-5,11-13H2,1H3,(H,19,22).